The van der Waals surface area contributed by atoms with Crippen molar-refractivity contribution >= 4 is 10.0 Å². The van der Waals surface area contributed by atoms with Crippen LogP contribution in [0.1, 0.15) is 29.2 Å². The fraction of sp³-hybridized carbons (Fsp3) is 0.381. The van der Waals surface area contributed by atoms with Gasteiger partial charge in [0.05, 0.1) is 24.4 Å². The van der Waals surface area contributed by atoms with E-state index in [2.05, 4.69) is 35.2 Å². The third-order valence-electron chi connectivity index (χ3n) is 5.34. The second kappa shape index (κ2) is 7.55. The Labute approximate surface area is 166 Å². The second-order valence-electron chi connectivity index (χ2n) is 7.31. The van der Waals surface area contributed by atoms with Crippen LogP contribution in [0, 0.1) is 11.3 Å². The zero-order valence-corrected chi connectivity index (χ0v) is 16.7. The van der Waals surface area contributed by atoms with Crippen LogP contribution in [-0.2, 0) is 29.7 Å². The first-order valence-electron chi connectivity index (χ1n) is 9.45. The second-order valence-corrected chi connectivity index (χ2v) is 9.57. The number of nitriles is 1. The van der Waals surface area contributed by atoms with Crippen LogP contribution in [0.5, 0.6) is 5.75 Å². The number of rotatable bonds is 6. The van der Waals surface area contributed by atoms with Gasteiger partial charge in [-0.15, -0.1) is 0 Å². The molecule has 2 aliphatic rings. The van der Waals surface area contributed by atoms with Crippen LogP contribution in [0.3, 0.4) is 0 Å². The Bertz CT molecular complexity index is 998. The third-order valence-corrected chi connectivity index (χ3v) is 7.16. The molecule has 1 fully saturated rings. The summed E-state index contributed by atoms with van der Waals surface area (Å²) in [5.74, 6) is 0.618. The van der Waals surface area contributed by atoms with Gasteiger partial charge in [-0.1, -0.05) is 30.3 Å². The zero-order chi connectivity index (χ0) is 19.7. The molecule has 0 unspecified atom stereocenters. The Kier molecular flexibility index (Phi) is 5.11. The Hall–Kier alpha value is -2.40. The van der Waals surface area contributed by atoms with E-state index < -0.39 is 10.0 Å². The Morgan fingerprint density at radius 1 is 1.14 bits per heavy atom. The number of hydrogen-bond donors (Lipinski definition) is 0. The van der Waals surface area contributed by atoms with Gasteiger partial charge in [-0.2, -0.15) is 9.57 Å². The van der Waals surface area contributed by atoms with E-state index in [1.54, 1.807) is 6.92 Å². The first kappa shape index (κ1) is 18.9. The van der Waals surface area contributed by atoms with Crippen LogP contribution in [0.4, 0.5) is 0 Å². The molecular formula is C21H23N3O3S. The molecule has 0 amide bonds. The minimum atomic E-state index is -3.16. The molecule has 4 rings (SSSR count). The van der Waals surface area contributed by atoms with Gasteiger partial charge in [-0.3, -0.25) is 4.90 Å². The molecule has 146 valence electrons. The van der Waals surface area contributed by atoms with E-state index in [1.807, 2.05) is 18.2 Å². The number of benzene rings is 2. The average Bonchev–Trinajstić information content (AvgIpc) is 3.07. The highest BCUT2D eigenvalue weighted by molar-refractivity contribution is 7.89. The predicted molar refractivity (Wildman–Crippen MR) is 106 cm³/mol. The molecular weight excluding hydrogens is 374 g/mol. The SMILES string of the molecule is CCS(=O)(=O)N1CC(Oc2ccc(CN3Cc4ccccc4C3)cc2C#N)C1. The van der Waals surface area contributed by atoms with Crippen molar-refractivity contribution < 1.29 is 13.2 Å². The molecule has 2 aromatic carbocycles. The fourth-order valence-electron chi connectivity index (χ4n) is 3.70. The van der Waals surface area contributed by atoms with Crippen LogP contribution in [0.15, 0.2) is 42.5 Å². The quantitative estimate of drug-likeness (QED) is 0.749. The molecule has 0 aliphatic carbocycles. The molecule has 28 heavy (non-hydrogen) atoms. The smallest absolute Gasteiger partial charge is 0.214 e. The lowest BCUT2D eigenvalue weighted by molar-refractivity contribution is 0.0760. The number of sulfonamides is 1. The van der Waals surface area contributed by atoms with Crippen LogP contribution >= 0.6 is 0 Å². The molecule has 2 aromatic rings. The Morgan fingerprint density at radius 2 is 1.82 bits per heavy atom. The lowest BCUT2D eigenvalue weighted by Crippen LogP contribution is -2.56. The summed E-state index contributed by atoms with van der Waals surface area (Å²) >= 11 is 0. The molecule has 0 spiro atoms. The highest BCUT2D eigenvalue weighted by Gasteiger charge is 2.36. The molecule has 0 aromatic heterocycles. The van der Waals surface area contributed by atoms with Crippen molar-refractivity contribution in [2.45, 2.75) is 32.7 Å². The summed E-state index contributed by atoms with van der Waals surface area (Å²) in [5, 5.41) is 9.52. The van der Waals surface area contributed by atoms with Crippen molar-refractivity contribution in [3.05, 3.63) is 64.7 Å². The molecule has 1 saturated heterocycles. The highest BCUT2D eigenvalue weighted by Crippen LogP contribution is 2.27. The Morgan fingerprint density at radius 3 is 2.43 bits per heavy atom. The van der Waals surface area contributed by atoms with Gasteiger partial charge in [0.15, 0.2) is 0 Å². The number of ether oxygens (including phenoxy) is 1. The zero-order valence-electron chi connectivity index (χ0n) is 15.8. The number of nitrogens with zero attached hydrogens (tertiary/aromatic N) is 3. The first-order chi connectivity index (χ1) is 13.5. The summed E-state index contributed by atoms with van der Waals surface area (Å²) in [7, 11) is -3.16. The summed E-state index contributed by atoms with van der Waals surface area (Å²) in [6.45, 7) is 4.93. The fourth-order valence-corrected chi connectivity index (χ4v) is 4.86. The van der Waals surface area contributed by atoms with Crippen molar-refractivity contribution in [2.75, 3.05) is 18.8 Å². The minimum absolute atomic E-state index is 0.0955. The van der Waals surface area contributed by atoms with Gasteiger partial charge in [0, 0.05) is 19.6 Å². The first-order valence-corrected chi connectivity index (χ1v) is 11.1. The molecule has 0 bridgehead atoms. The van der Waals surface area contributed by atoms with Gasteiger partial charge in [0.1, 0.15) is 17.9 Å². The van der Waals surface area contributed by atoms with Crippen molar-refractivity contribution in [3.63, 3.8) is 0 Å². The highest BCUT2D eigenvalue weighted by atomic mass is 32.2. The van der Waals surface area contributed by atoms with E-state index in [0.29, 0.717) is 24.4 Å². The number of fused-ring (bicyclic) bond motifs is 1. The maximum atomic E-state index is 11.8. The maximum Gasteiger partial charge on any atom is 0.214 e. The van der Waals surface area contributed by atoms with E-state index in [4.69, 9.17) is 4.74 Å². The van der Waals surface area contributed by atoms with Gasteiger partial charge in [-0.25, -0.2) is 8.42 Å². The van der Waals surface area contributed by atoms with E-state index in [1.165, 1.54) is 15.4 Å². The third kappa shape index (κ3) is 3.76. The van der Waals surface area contributed by atoms with Gasteiger partial charge in [0.2, 0.25) is 10.0 Å². The van der Waals surface area contributed by atoms with Gasteiger partial charge in [-0.05, 0) is 35.7 Å². The Balaban J connectivity index is 1.39. The summed E-state index contributed by atoms with van der Waals surface area (Å²) in [5.41, 5.74) is 4.28. The van der Waals surface area contributed by atoms with Crippen LogP contribution < -0.4 is 4.74 Å². The molecule has 0 radical (unpaired) electrons. The van der Waals surface area contributed by atoms with Crippen molar-refractivity contribution in [1.82, 2.24) is 9.21 Å². The summed E-state index contributed by atoms with van der Waals surface area (Å²) in [4.78, 5) is 2.35. The molecule has 2 heterocycles. The van der Waals surface area contributed by atoms with Gasteiger partial charge < -0.3 is 4.74 Å². The number of hydrogen-bond acceptors (Lipinski definition) is 5. The molecule has 0 N–H and O–H groups in total. The summed E-state index contributed by atoms with van der Waals surface area (Å²) in [6.07, 6.45) is -0.202. The molecule has 6 nitrogen and oxygen atoms in total. The van der Waals surface area contributed by atoms with E-state index in [-0.39, 0.29) is 11.9 Å². The monoisotopic (exact) mass is 397 g/mol. The van der Waals surface area contributed by atoms with Crippen molar-refractivity contribution in [3.8, 4) is 11.8 Å². The normalized spacial score (nSPS) is 17.7. The minimum Gasteiger partial charge on any atom is -0.486 e. The maximum absolute atomic E-state index is 11.8. The summed E-state index contributed by atoms with van der Waals surface area (Å²) in [6, 6.07) is 16.3. The van der Waals surface area contributed by atoms with E-state index >= 15 is 0 Å². The van der Waals surface area contributed by atoms with Crippen LogP contribution in [0.2, 0.25) is 0 Å². The predicted octanol–water partition coefficient (Wildman–Crippen LogP) is 2.49. The lowest BCUT2D eigenvalue weighted by atomic mass is 10.1. The molecule has 7 heteroatoms. The molecule has 0 atom stereocenters. The standard InChI is InChI=1S/C21H23N3O3S/c1-2-28(25,26)24-14-20(15-24)27-21-8-7-16(9-19(21)10-22)11-23-12-17-5-3-4-6-18(17)13-23/h3-9,20H,2,11-15H2,1H3. The van der Waals surface area contributed by atoms with Crippen LogP contribution in [0.25, 0.3) is 0 Å². The summed E-state index contributed by atoms with van der Waals surface area (Å²) < 4.78 is 30.9. The lowest BCUT2D eigenvalue weighted by Gasteiger charge is -2.37. The van der Waals surface area contributed by atoms with Crippen molar-refractivity contribution in [1.29, 1.82) is 5.26 Å². The van der Waals surface area contributed by atoms with E-state index in [9.17, 15) is 13.7 Å². The van der Waals surface area contributed by atoms with E-state index in [0.717, 1.165) is 25.2 Å². The molecule has 2 aliphatic heterocycles. The van der Waals surface area contributed by atoms with Gasteiger partial charge >= 0.3 is 0 Å². The van der Waals surface area contributed by atoms with Crippen LogP contribution in [-0.4, -0.2) is 42.6 Å². The molecule has 0 saturated carbocycles. The average molecular weight is 398 g/mol. The largest absolute Gasteiger partial charge is 0.486 e. The van der Waals surface area contributed by atoms with Gasteiger partial charge in [0.25, 0.3) is 0 Å². The van der Waals surface area contributed by atoms with Crippen molar-refractivity contribution in [2.24, 2.45) is 0 Å². The topological polar surface area (TPSA) is 73.6 Å².